The number of fused-ring (bicyclic) bond motifs is 3. The molecule has 2 aromatic rings. The Hall–Kier alpha value is -0.920. The average Bonchev–Trinajstić information content (AvgIpc) is 3.31. The number of aromatic nitrogens is 2. The Morgan fingerprint density at radius 3 is 3.07 bits per heavy atom. The van der Waals surface area contributed by atoms with E-state index in [0.717, 1.165) is 55.2 Å². The number of hydrogen-bond donors (Lipinski definition) is 1. The lowest BCUT2D eigenvalue weighted by Gasteiger charge is -2.47. The highest BCUT2D eigenvalue weighted by atomic mass is 35.5. The van der Waals surface area contributed by atoms with E-state index >= 15 is 0 Å². The van der Waals surface area contributed by atoms with Crippen molar-refractivity contribution in [3.63, 3.8) is 0 Å². The number of thiophene rings is 1. The fourth-order valence-corrected chi connectivity index (χ4v) is 6.77. The minimum atomic E-state index is -0.235. The van der Waals surface area contributed by atoms with Crippen molar-refractivity contribution < 1.29 is 9.84 Å². The van der Waals surface area contributed by atoms with Gasteiger partial charge in [-0.2, -0.15) is 0 Å². The van der Waals surface area contributed by atoms with E-state index in [2.05, 4.69) is 22.6 Å². The second kappa shape index (κ2) is 6.85. The van der Waals surface area contributed by atoms with Crippen molar-refractivity contribution in [2.24, 2.45) is 0 Å². The first-order valence-electron chi connectivity index (χ1n) is 9.94. The van der Waals surface area contributed by atoms with Gasteiger partial charge >= 0.3 is 0 Å². The van der Waals surface area contributed by atoms with Crippen molar-refractivity contribution in [3.05, 3.63) is 38.1 Å². The standard InChI is InChI=1S/C20H26ClN3O2S/c1-13-9-20(18-15(4-8-26-20)16(12-25)19(21)27-18)5-7-23(13)10-14-11-24-6-2-3-17(24)22-14/h11,13,25H,2-10,12H2,1H3/t13-,20+/m0/s1. The van der Waals surface area contributed by atoms with E-state index in [1.807, 2.05) is 0 Å². The number of nitrogens with zero attached hydrogens (tertiary/aromatic N) is 3. The third-order valence-electron chi connectivity index (χ3n) is 6.49. The Morgan fingerprint density at radius 1 is 1.41 bits per heavy atom. The average molecular weight is 408 g/mol. The van der Waals surface area contributed by atoms with Crippen molar-refractivity contribution in [1.29, 1.82) is 0 Å². The zero-order chi connectivity index (χ0) is 18.6. The van der Waals surface area contributed by atoms with Crippen LogP contribution in [0, 0.1) is 0 Å². The summed E-state index contributed by atoms with van der Waals surface area (Å²) in [5.74, 6) is 1.25. The van der Waals surface area contributed by atoms with E-state index in [4.69, 9.17) is 21.3 Å². The number of piperidine rings is 1. The number of aliphatic hydroxyl groups is 1. The lowest BCUT2D eigenvalue weighted by molar-refractivity contribution is -0.110. The molecule has 0 aliphatic carbocycles. The summed E-state index contributed by atoms with van der Waals surface area (Å²) in [6.07, 6.45) is 7.37. The molecule has 2 aromatic heterocycles. The third kappa shape index (κ3) is 2.97. The smallest absolute Gasteiger partial charge is 0.109 e. The van der Waals surface area contributed by atoms with E-state index < -0.39 is 0 Å². The normalized spacial score (nSPS) is 27.9. The molecular weight excluding hydrogens is 382 g/mol. The van der Waals surface area contributed by atoms with Gasteiger partial charge in [0.1, 0.15) is 11.4 Å². The number of likely N-dealkylation sites (tertiary alicyclic amines) is 1. The summed E-state index contributed by atoms with van der Waals surface area (Å²) in [5.41, 5.74) is 3.12. The van der Waals surface area contributed by atoms with Crippen LogP contribution in [0.5, 0.6) is 0 Å². The summed E-state index contributed by atoms with van der Waals surface area (Å²) in [6, 6.07) is 0.416. The lowest BCUT2D eigenvalue weighted by atomic mass is 9.81. The molecule has 3 aliphatic rings. The van der Waals surface area contributed by atoms with Crippen molar-refractivity contribution in [2.75, 3.05) is 13.2 Å². The van der Waals surface area contributed by atoms with Gasteiger partial charge in [-0.3, -0.25) is 4.90 Å². The number of hydrogen-bond acceptors (Lipinski definition) is 5. The molecule has 1 N–H and O–H groups in total. The van der Waals surface area contributed by atoms with E-state index in [1.54, 1.807) is 11.3 Å². The molecule has 3 aliphatic heterocycles. The number of aliphatic hydroxyl groups excluding tert-OH is 1. The van der Waals surface area contributed by atoms with Gasteiger partial charge in [-0.25, -0.2) is 4.98 Å². The highest BCUT2D eigenvalue weighted by Crippen LogP contribution is 2.49. The van der Waals surface area contributed by atoms with Crippen LogP contribution in [0.2, 0.25) is 4.34 Å². The number of ether oxygens (including phenoxy) is 1. The zero-order valence-corrected chi connectivity index (χ0v) is 17.3. The molecule has 2 atom stereocenters. The third-order valence-corrected chi connectivity index (χ3v) is 8.20. The molecule has 0 aromatic carbocycles. The minimum Gasteiger partial charge on any atom is -0.392 e. The van der Waals surface area contributed by atoms with Gasteiger partial charge in [0.25, 0.3) is 0 Å². The van der Waals surface area contributed by atoms with Crippen LogP contribution in [0.4, 0.5) is 0 Å². The SMILES string of the molecule is C[C@H]1C[C@@]2(CCN1Cc1cn3c(n1)CCC3)OCCc1c2sc(Cl)c1CO. The van der Waals surface area contributed by atoms with Crippen LogP contribution in [0.25, 0.3) is 0 Å². The Labute approximate surface area is 168 Å². The van der Waals surface area contributed by atoms with Gasteiger partial charge in [0.2, 0.25) is 0 Å². The van der Waals surface area contributed by atoms with E-state index in [1.165, 1.54) is 28.4 Å². The molecular formula is C20H26ClN3O2S. The molecule has 1 fully saturated rings. The van der Waals surface area contributed by atoms with Crippen molar-refractivity contribution in [2.45, 2.75) is 70.4 Å². The Bertz CT molecular complexity index is 842. The number of aryl methyl sites for hydroxylation is 2. The quantitative estimate of drug-likeness (QED) is 0.846. The van der Waals surface area contributed by atoms with Crippen LogP contribution < -0.4 is 0 Å². The topological polar surface area (TPSA) is 50.5 Å². The van der Waals surface area contributed by atoms with Crippen molar-refractivity contribution in [3.8, 4) is 0 Å². The lowest BCUT2D eigenvalue weighted by Crippen LogP contribution is -2.50. The summed E-state index contributed by atoms with van der Waals surface area (Å²) in [7, 11) is 0. The molecule has 5 nitrogen and oxygen atoms in total. The number of rotatable bonds is 3. The summed E-state index contributed by atoms with van der Waals surface area (Å²) in [5, 5.41) is 9.72. The molecule has 5 rings (SSSR count). The molecule has 27 heavy (non-hydrogen) atoms. The summed E-state index contributed by atoms with van der Waals surface area (Å²) in [6.45, 7) is 6.05. The molecule has 0 bridgehead atoms. The van der Waals surface area contributed by atoms with Gasteiger partial charge in [0.05, 0.1) is 23.2 Å². The van der Waals surface area contributed by atoms with E-state index in [9.17, 15) is 5.11 Å². The molecule has 1 saturated heterocycles. The first kappa shape index (κ1) is 18.1. The van der Waals surface area contributed by atoms with Gasteiger partial charge in [-0.15, -0.1) is 11.3 Å². The van der Waals surface area contributed by atoms with Gasteiger partial charge in [-0.1, -0.05) is 11.6 Å². The summed E-state index contributed by atoms with van der Waals surface area (Å²) < 4.78 is 9.43. The molecule has 0 unspecified atom stereocenters. The summed E-state index contributed by atoms with van der Waals surface area (Å²) in [4.78, 5) is 8.62. The molecule has 0 radical (unpaired) electrons. The second-order valence-corrected chi connectivity index (χ2v) is 9.75. The summed E-state index contributed by atoms with van der Waals surface area (Å²) >= 11 is 8.04. The molecule has 7 heteroatoms. The van der Waals surface area contributed by atoms with Crippen LogP contribution in [-0.4, -0.2) is 38.8 Å². The zero-order valence-electron chi connectivity index (χ0n) is 15.7. The first-order chi connectivity index (χ1) is 13.1. The van der Waals surface area contributed by atoms with Crippen LogP contribution in [0.1, 0.15) is 53.7 Å². The predicted octanol–water partition coefficient (Wildman–Crippen LogP) is 3.49. The van der Waals surface area contributed by atoms with Gasteiger partial charge in [0, 0.05) is 48.7 Å². The second-order valence-electron chi connectivity index (χ2n) is 8.13. The maximum Gasteiger partial charge on any atom is 0.109 e. The van der Waals surface area contributed by atoms with Crippen LogP contribution in [0.3, 0.4) is 0 Å². The molecule has 0 saturated carbocycles. The Kier molecular flexibility index (Phi) is 4.60. The number of imidazole rings is 1. The fraction of sp³-hybridized carbons (Fsp3) is 0.650. The number of halogens is 1. The minimum absolute atomic E-state index is 0.0212. The predicted molar refractivity (Wildman–Crippen MR) is 106 cm³/mol. The maximum atomic E-state index is 9.72. The van der Waals surface area contributed by atoms with Crippen LogP contribution in [-0.2, 0) is 42.9 Å². The first-order valence-corrected chi connectivity index (χ1v) is 11.1. The highest BCUT2D eigenvalue weighted by Gasteiger charge is 2.45. The van der Waals surface area contributed by atoms with Crippen LogP contribution in [0.15, 0.2) is 6.20 Å². The molecule has 1 spiro atoms. The van der Waals surface area contributed by atoms with Gasteiger partial charge in [-0.05, 0) is 38.2 Å². The van der Waals surface area contributed by atoms with Gasteiger partial charge in [0.15, 0.2) is 0 Å². The fourth-order valence-electron chi connectivity index (χ4n) is 5.10. The Balaban J connectivity index is 1.35. The van der Waals surface area contributed by atoms with E-state index in [0.29, 0.717) is 12.6 Å². The highest BCUT2D eigenvalue weighted by molar-refractivity contribution is 7.16. The molecule has 5 heterocycles. The van der Waals surface area contributed by atoms with Gasteiger partial charge < -0.3 is 14.4 Å². The van der Waals surface area contributed by atoms with Crippen molar-refractivity contribution >= 4 is 22.9 Å². The maximum absolute atomic E-state index is 9.72. The molecule has 146 valence electrons. The van der Waals surface area contributed by atoms with Crippen LogP contribution >= 0.6 is 22.9 Å². The molecule has 0 amide bonds. The van der Waals surface area contributed by atoms with Crippen molar-refractivity contribution in [1.82, 2.24) is 14.5 Å². The Morgan fingerprint density at radius 2 is 2.30 bits per heavy atom. The largest absolute Gasteiger partial charge is 0.392 e. The monoisotopic (exact) mass is 407 g/mol. The van der Waals surface area contributed by atoms with E-state index in [-0.39, 0.29) is 12.2 Å².